The molecule has 2 N–H and O–H groups in total. The molecule has 1 aliphatic rings. The van der Waals surface area contributed by atoms with Gasteiger partial charge < -0.3 is 15.4 Å². The van der Waals surface area contributed by atoms with E-state index in [0.717, 1.165) is 12.8 Å². The van der Waals surface area contributed by atoms with Crippen molar-refractivity contribution in [2.75, 3.05) is 20.1 Å². The van der Waals surface area contributed by atoms with Crippen LogP contribution in [0.15, 0.2) is 4.99 Å². The molecule has 1 rings (SSSR count). The average Bonchev–Trinajstić information content (AvgIpc) is 2.27. The minimum atomic E-state index is -0.483. The number of carbonyl (C=O) groups excluding carboxylic acids is 1. The quantitative estimate of drug-likeness (QED) is 0.454. The summed E-state index contributed by atoms with van der Waals surface area (Å²) in [6.07, 6.45) is 1.47. The van der Waals surface area contributed by atoms with Crippen LogP contribution in [0.3, 0.4) is 0 Å². The molecule has 7 heteroatoms. The lowest BCUT2D eigenvalue weighted by molar-refractivity contribution is 0.0201. The zero-order valence-corrected chi connectivity index (χ0v) is 12.8. The summed E-state index contributed by atoms with van der Waals surface area (Å²) in [6.45, 7) is 6.76. The fourth-order valence-electron chi connectivity index (χ4n) is 1.82. The van der Waals surface area contributed by atoms with Gasteiger partial charge in [-0.25, -0.2) is 9.79 Å². The van der Waals surface area contributed by atoms with Gasteiger partial charge in [-0.3, -0.25) is 4.42 Å². The summed E-state index contributed by atoms with van der Waals surface area (Å²) in [5.41, 5.74) is 5.20. The van der Waals surface area contributed by atoms with Gasteiger partial charge in [-0.05, 0) is 33.6 Å². The highest BCUT2D eigenvalue weighted by molar-refractivity contribution is 6.21. The van der Waals surface area contributed by atoms with E-state index in [1.165, 1.54) is 4.42 Å². The maximum atomic E-state index is 12.0. The van der Waals surface area contributed by atoms with Crippen LogP contribution in [0.4, 0.5) is 4.79 Å². The Bertz CT molecular complexity index is 352. The van der Waals surface area contributed by atoms with Gasteiger partial charge in [0.15, 0.2) is 0 Å². The van der Waals surface area contributed by atoms with Crippen LogP contribution in [0.25, 0.3) is 0 Å². The van der Waals surface area contributed by atoms with Crippen LogP contribution in [0.5, 0.6) is 0 Å². The van der Waals surface area contributed by atoms with E-state index in [0.29, 0.717) is 13.1 Å². The number of halogens is 1. The maximum absolute atomic E-state index is 12.0. The molecule has 0 radical (unpaired) electrons. The standard InChI is InChI=1S/C12H23ClN4O2/c1-12(2,3)19-11(18)17-7-5-6-9(8-17)15-10(14)16(4)13/h9H,5-8H2,1-4H3,(H2,14,15)/t9-/m1/s1. The van der Waals surface area contributed by atoms with Crippen LogP contribution in [0, 0.1) is 0 Å². The van der Waals surface area contributed by atoms with Gasteiger partial charge in [-0.1, -0.05) is 0 Å². The van der Waals surface area contributed by atoms with Gasteiger partial charge in [0.1, 0.15) is 5.60 Å². The molecule has 110 valence electrons. The number of guanidine groups is 1. The Morgan fingerprint density at radius 2 is 2.16 bits per heavy atom. The Kier molecular flexibility index (Phi) is 5.29. The number of rotatable bonds is 1. The Morgan fingerprint density at radius 3 is 2.68 bits per heavy atom. The molecule has 0 aromatic rings. The van der Waals surface area contributed by atoms with Crippen molar-refractivity contribution >= 4 is 23.8 Å². The number of ether oxygens (including phenoxy) is 1. The summed E-state index contributed by atoms with van der Waals surface area (Å²) in [5, 5.41) is 0. The Morgan fingerprint density at radius 1 is 1.53 bits per heavy atom. The van der Waals surface area contributed by atoms with E-state index >= 15 is 0 Å². The van der Waals surface area contributed by atoms with Crippen molar-refractivity contribution < 1.29 is 9.53 Å². The fraction of sp³-hybridized carbons (Fsp3) is 0.833. The average molecular weight is 291 g/mol. The first kappa shape index (κ1) is 15.9. The number of aliphatic imine (C=N–C) groups is 1. The third-order valence-corrected chi connectivity index (χ3v) is 2.85. The minimum absolute atomic E-state index is 0.0255. The second kappa shape index (κ2) is 6.32. The Balaban J connectivity index is 2.60. The number of hydrogen-bond acceptors (Lipinski definition) is 3. The summed E-state index contributed by atoms with van der Waals surface area (Å²) >= 11 is 5.71. The zero-order valence-electron chi connectivity index (χ0n) is 12.0. The van der Waals surface area contributed by atoms with Crippen molar-refractivity contribution in [3.63, 3.8) is 0 Å². The lowest BCUT2D eigenvalue weighted by atomic mass is 10.1. The van der Waals surface area contributed by atoms with E-state index in [4.69, 9.17) is 22.2 Å². The molecule has 0 aromatic heterocycles. The predicted molar refractivity (Wildman–Crippen MR) is 76.1 cm³/mol. The number of hydrogen-bond donors (Lipinski definition) is 1. The number of likely N-dealkylation sites (tertiary alicyclic amines) is 1. The van der Waals surface area contributed by atoms with E-state index in [1.54, 1.807) is 11.9 Å². The molecule has 1 heterocycles. The van der Waals surface area contributed by atoms with Gasteiger partial charge in [0.25, 0.3) is 0 Å². The second-order valence-electron chi connectivity index (χ2n) is 5.69. The summed E-state index contributed by atoms with van der Waals surface area (Å²) < 4.78 is 6.59. The molecule has 0 bridgehead atoms. The third kappa shape index (κ3) is 5.55. The van der Waals surface area contributed by atoms with Gasteiger partial charge in [0.2, 0.25) is 5.96 Å². The summed E-state index contributed by atoms with van der Waals surface area (Å²) in [5.74, 6) is 0.262. The Hall–Kier alpha value is -1.17. The monoisotopic (exact) mass is 290 g/mol. The predicted octanol–water partition coefficient (Wildman–Crippen LogP) is 1.79. The summed E-state index contributed by atoms with van der Waals surface area (Å²) in [7, 11) is 1.62. The first-order chi connectivity index (χ1) is 8.69. The minimum Gasteiger partial charge on any atom is -0.444 e. The van der Waals surface area contributed by atoms with Crippen LogP contribution in [0.2, 0.25) is 0 Å². The van der Waals surface area contributed by atoms with Crippen molar-refractivity contribution in [2.45, 2.75) is 45.3 Å². The molecular weight excluding hydrogens is 268 g/mol. The SMILES string of the molecule is CN(Cl)C(N)=N[C@@H]1CCCN(C(=O)OC(C)(C)C)C1. The van der Waals surface area contributed by atoms with E-state index in [2.05, 4.69) is 4.99 Å². The molecule has 0 unspecified atom stereocenters. The number of amides is 1. The normalized spacial score (nSPS) is 21.2. The molecule has 1 saturated heterocycles. The number of carbonyl (C=O) groups is 1. The highest BCUT2D eigenvalue weighted by Gasteiger charge is 2.27. The third-order valence-electron chi connectivity index (χ3n) is 2.68. The molecule has 1 fully saturated rings. The van der Waals surface area contributed by atoms with Crippen LogP contribution >= 0.6 is 11.8 Å². The van der Waals surface area contributed by atoms with Crippen LogP contribution in [-0.4, -0.2) is 53.2 Å². The molecule has 0 aromatic carbocycles. The number of nitrogens with two attached hydrogens (primary N) is 1. The highest BCUT2D eigenvalue weighted by atomic mass is 35.5. The smallest absolute Gasteiger partial charge is 0.410 e. The topological polar surface area (TPSA) is 71.2 Å². The molecule has 19 heavy (non-hydrogen) atoms. The fourth-order valence-corrected chi connectivity index (χ4v) is 1.86. The van der Waals surface area contributed by atoms with E-state index in [9.17, 15) is 4.79 Å². The van der Waals surface area contributed by atoms with Gasteiger partial charge in [-0.2, -0.15) is 0 Å². The molecule has 0 aliphatic carbocycles. The van der Waals surface area contributed by atoms with Crippen LogP contribution in [-0.2, 0) is 4.74 Å². The van der Waals surface area contributed by atoms with E-state index in [1.807, 2.05) is 20.8 Å². The Labute approximate surface area is 119 Å². The highest BCUT2D eigenvalue weighted by Crippen LogP contribution is 2.17. The van der Waals surface area contributed by atoms with Crippen molar-refractivity contribution in [3.8, 4) is 0 Å². The zero-order chi connectivity index (χ0) is 14.6. The van der Waals surface area contributed by atoms with Crippen molar-refractivity contribution in [1.29, 1.82) is 0 Å². The van der Waals surface area contributed by atoms with Crippen molar-refractivity contribution in [3.05, 3.63) is 0 Å². The van der Waals surface area contributed by atoms with Gasteiger partial charge >= 0.3 is 6.09 Å². The molecule has 1 atom stereocenters. The number of piperidine rings is 1. The first-order valence-electron chi connectivity index (χ1n) is 6.40. The largest absolute Gasteiger partial charge is 0.444 e. The number of nitrogens with zero attached hydrogens (tertiary/aromatic N) is 3. The molecule has 1 aliphatic heterocycles. The molecule has 6 nitrogen and oxygen atoms in total. The molecular formula is C12H23ClN4O2. The lowest BCUT2D eigenvalue weighted by Gasteiger charge is -2.32. The molecule has 0 saturated carbocycles. The lowest BCUT2D eigenvalue weighted by Crippen LogP contribution is -2.45. The van der Waals surface area contributed by atoms with Crippen molar-refractivity contribution in [1.82, 2.24) is 9.32 Å². The maximum Gasteiger partial charge on any atom is 0.410 e. The summed E-state index contributed by atoms with van der Waals surface area (Å²) in [4.78, 5) is 17.9. The summed E-state index contributed by atoms with van der Waals surface area (Å²) in [6, 6.07) is -0.0255. The van der Waals surface area contributed by atoms with E-state index in [-0.39, 0.29) is 18.1 Å². The van der Waals surface area contributed by atoms with Crippen LogP contribution in [0.1, 0.15) is 33.6 Å². The van der Waals surface area contributed by atoms with Gasteiger partial charge in [0, 0.05) is 31.9 Å². The first-order valence-corrected chi connectivity index (χ1v) is 6.73. The van der Waals surface area contributed by atoms with E-state index < -0.39 is 5.60 Å². The van der Waals surface area contributed by atoms with Gasteiger partial charge in [0.05, 0.1) is 6.04 Å². The second-order valence-corrected chi connectivity index (χ2v) is 6.19. The van der Waals surface area contributed by atoms with Crippen molar-refractivity contribution in [2.24, 2.45) is 10.7 Å². The molecule has 1 amide bonds. The van der Waals surface area contributed by atoms with Gasteiger partial charge in [-0.15, -0.1) is 0 Å². The molecule has 0 spiro atoms. The van der Waals surface area contributed by atoms with Crippen LogP contribution < -0.4 is 5.73 Å².